The minimum atomic E-state index is -0.342. The van der Waals surface area contributed by atoms with Crippen molar-refractivity contribution in [2.24, 2.45) is 0 Å². The standard InChI is InChI=1S/C34H47NO7/c1-4-5-19-40-21-17-35-33(39)13-6-9-26-14-15-28-30(22-26)31(23-42-25(3)37)27-10-7-11-29(34(27)28)32(38)12-8-20-41-24(2)16-18-36/h7,10-11,14-15,22,24,31,36H,4-6,8-9,12-13,16-21,23H2,1-3H3,(H,35,39). The van der Waals surface area contributed by atoms with E-state index in [1.807, 2.05) is 25.1 Å². The van der Waals surface area contributed by atoms with Crippen LogP contribution in [-0.2, 0) is 30.2 Å². The molecular weight excluding hydrogens is 534 g/mol. The minimum Gasteiger partial charge on any atom is -0.465 e. The molecule has 8 heteroatoms. The summed E-state index contributed by atoms with van der Waals surface area (Å²) in [6.45, 7) is 7.95. The second-order valence-electron chi connectivity index (χ2n) is 10.9. The van der Waals surface area contributed by atoms with Gasteiger partial charge in [-0.3, -0.25) is 14.4 Å². The van der Waals surface area contributed by atoms with Crippen molar-refractivity contribution in [3.05, 3.63) is 58.7 Å². The van der Waals surface area contributed by atoms with Crippen molar-refractivity contribution in [1.82, 2.24) is 5.32 Å². The van der Waals surface area contributed by atoms with Gasteiger partial charge >= 0.3 is 5.97 Å². The van der Waals surface area contributed by atoms with Crippen molar-refractivity contribution in [2.45, 2.75) is 84.2 Å². The first-order chi connectivity index (χ1) is 20.3. The van der Waals surface area contributed by atoms with Crippen LogP contribution in [0.2, 0.25) is 0 Å². The highest BCUT2D eigenvalue weighted by molar-refractivity contribution is 6.04. The average Bonchev–Trinajstić information content (AvgIpc) is 3.29. The van der Waals surface area contributed by atoms with Gasteiger partial charge in [0.05, 0.1) is 12.7 Å². The number of esters is 1. The maximum atomic E-state index is 13.3. The van der Waals surface area contributed by atoms with Gasteiger partial charge in [0.15, 0.2) is 5.78 Å². The Morgan fingerprint density at radius 1 is 1.00 bits per heavy atom. The molecule has 0 spiro atoms. The fourth-order valence-electron chi connectivity index (χ4n) is 5.29. The summed E-state index contributed by atoms with van der Waals surface area (Å²) in [7, 11) is 0. The van der Waals surface area contributed by atoms with E-state index in [-0.39, 0.29) is 42.9 Å². The Kier molecular flexibility index (Phi) is 14.2. The number of fused-ring (bicyclic) bond motifs is 3. The molecule has 1 amide bonds. The topological polar surface area (TPSA) is 111 Å². The molecule has 230 valence electrons. The van der Waals surface area contributed by atoms with E-state index in [2.05, 4.69) is 30.4 Å². The molecule has 42 heavy (non-hydrogen) atoms. The number of benzene rings is 2. The molecule has 2 N–H and O–H groups in total. The number of aliphatic hydroxyl groups is 1. The number of aliphatic hydroxyl groups excluding tert-OH is 1. The summed E-state index contributed by atoms with van der Waals surface area (Å²) in [5.74, 6) is -0.433. The molecule has 0 heterocycles. The maximum Gasteiger partial charge on any atom is 0.302 e. The molecule has 0 radical (unpaired) electrons. The van der Waals surface area contributed by atoms with Gasteiger partial charge in [-0.15, -0.1) is 0 Å². The van der Waals surface area contributed by atoms with Crippen LogP contribution in [0.15, 0.2) is 36.4 Å². The van der Waals surface area contributed by atoms with Gasteiger partial charge in [0.2, 0.25) is 5.91 Å². The third-order valence-corrected chi connectivity index (χ3v) is 7.55. The fraction of sp³-hybridized carbons (Fsp3) is 0.559. The lowest BCUT2D eigenvalue weighted by atomic mass is 9.93. The molecule has 0 aliphatic heterocycles. The van der Waals surface area contributed by atoms with Crippen LogP contribution in [0.1, 0.15) is 98.7 Å². The van der Waals surface area contributed by atoms with E-state index in [0.717, 1.165) is 53.7 Å². The molecule has 2 aromatic carbocycles. The van der Waals surface area contributed by atoms with Crippen molar-refractivity contribution >= 4 is 17.7 Å². The molecule has 0 fully saturated rings. The molecule has 2 unspecified atom stereocenters. The molecule has 0 aromatic heterocycles. The Morgan fingerprint density at radius 3 is 2.60 bits per heavy atom. The lowest BCUT2D eigenvalue weighted by molar-refractivity contribution is -0.141. The monoisotopic (exact) mass is 581 g/mol. The second-order valence-corrected chi connectivity index (χ2v) is 10.9. The molecule has 8 nitrogen and oxygen atoms in total. The van der Waals surface area contributed by atoms with Crippen LogP contribution in [-0.4, -0.2) is 68.4 Å². The van der Waals surface area contributed by atoms with Crippen molar-refractivity contribution in [3.8, 4) is 11.1 Å². The van der Waals surface area contributed by atoms with Gasteiger partial charge in [0.25, 0.3) is 0 Å². The quantitative estimate of drug-likeness (QED) is 0.123. The number of carbonyl (C=O) groups excluding carboxylic acids is 3. The summed E-state index contributed by atoms with van der Waals surface area (Å²) in [6.07, 6.45) is 5.50. The normalized spacial score (nSPS) is 14.2. The zero-order chi connectivity index (χ0) is 30.3. The lowest BCUT2D eigenvalue weighted by Gasteiger charge is -2.14. The first-order valence-corrected chi connectivity index (χ1v) is 15.3. The van der Waals surface area contributed by atoms with Gasteiger partial charge in [0, 0.05) is 57.6 Å². The van der Waals surface area contributed by atoms with Crippen LogP contribution in [0.25, 0.3) is 11.1 Å². The third kappa shape index (κ3) is 10.0. The Bertz CT molecular complexity index is 1180. The van der Waals surface area contributed by atoms with Gasteiger partial charge in [-0.2, -0.15) is 0 Å². The van der Waals surface area contributed by atoms with Gasteiger partial charge in [-0.05, 0) is 66.8 Å². The minimum absolute atomic E-state index is 0.0202. The highest BCUT2D eigenvalue weighted by Gasteiger charge is 2.32. The van der Waals surface area contributed by atoms with E-state index in [1.165, 1.54) is 6.92 Å². The van der Waals surface area contributed by atoms with E-state index < -0.39 is 0 Å². The van der Waals surface area contributed by atoms with E-state index in [1.54, 1.807) is 0 Å². The van der Waals surface area contributed by atoms with Crippen LogP contribution in [0.3, 0.4) is 0 Å². The predicted molar refractivity (Wildman–Crippen MR) is 163 cm³/mol. The van der Waals surface area contributed by atoms with Crippen LogP contribution in [0.4, 0.5) is 0 Å². The zero-order valence-corrected chi connectivity index (χ0v) is 25.4. The van der Waals surface area contributed by atoms with E-state index in [0.29, 0.717) is 57.4 Å². The molecular formula is C34H47NO7. The molecule has 0 saturated carbocycles. The van der Waals surface area contributed by atoms with Crippen molar-refractivity contribution in [2.75, 3.05) is 39.6 Å². The van der Waals surface area contributed by atoms with Crippen molar-refractivity contribution in [3.63, 3.8) is 0 Å². The number of unbranched alkanes of at least 4 members (excludes halogenated alkanes) is 1. The number of carbonyl (C=O) groups is 3. The first-order valence-electron chi connectivity index (χ1n) is 15.3. The second kappa shape index (κ2) is 17.8. The SMILES string of the molecule is CCCCOCCNC(=O)CCCc1ccc2c(c1)C(COC(C)=O)c1cccc(C(=O)CCCOC(C)CCO)c1-2. The number of hydrogen-bond acceptors (Lipinski definition) is 7. The molecule has 2 aromatic rings. The number of ether oxygens (including phenoxy) is 3. The van der Waals surface area contributed by atoms with Gasteiger partial charge in [-0.1, -0.05) is 49.7 Å². The summed E-state index contributed by atoms with van der Waals surface area (Å²) < 4.78 is 16.7. The van der Waals surface area contributed by atoms with Crippen LogP contribution in [0.5, 0.6) is 0 Å². The number of ketones is 1. The van der Waals surface area contributed by atoms with Gasteiger partial charge in [-0.25, -0.2) is 0 Å². The summed E-state index contributed by atoms with van der Waals surface area (Å²) in [6, 6.07) is 12.0. The molecule has 0 bridgehead atoms. The predicted octanol–water partition coefficient (Wildman–Crippen LogP) is 5.37. The van der Waals surface area contributed by atoms with Crippen molar-refractivity contribution in [1.29, 1.82) is 0 Å². The van der Waals surface area contributed by atoms with E-state index in [9.17, 15) is 14.4 Å². The van der Waals surface area contributed by atoms with Crippen LogP contribution in [0, 0.1) is 0 Å². The summed E-state index contributed by atoms with van der Waals surface area (Å²) in [4.78, 5) is 37.3. The number of rotatable bonds is 20. The summed E-state index contributed by atoms with van der Waals surface area (Å²) >= 11 is 0. The van der Waals surface area contributed by atoms with Gasteiger partial charge < -0.3 is 24.6 Å². The first kappa shape index (κ1) is 33.4. The fourth-order valence-corrected chi connectivity index (χ4v) is 5.29. The van der Waals surface area contributed by atoms with E-state index in [4.69, 9.17) is 19.3 Å². The number of amides is 1. The lowest BCUT2D eigenvalue weighted by Crippen LogP contribution is -2.27. The van der Waals surface area contributed by atoms with Crippen LogP contribution < -0.4 is 5.32 Å². The maximum absolute atomic E-state index is 13.3. The Labute approximate surface area is 250 Å². The Balaban J connectivity index is 1.66. The third-order valence-electron chi connectivity index (χ3n) is 7.55. The number of Topliss-reactive ketones (excluding diaryl/α,β-unsaturated/α-hetero) is 1. The van der Waals surface area contributed by atoms with Crippen LogP contribution >= 0.6 is 0 Å². The number of hydrogen-bond donors (Lipinski definition) is 2. The number of nitrogens with one attached hydrogen (secondary N) is 1. The van der Waals surface area contributed by atoms with Crippen molar-refractivity contribution < 1.29 is 33.7 Å². The number of aryl methyl sites for hydroxylation is 1. The molecule has 1 aliphatic rings. The highest BCUT2D eigenvalue weighted by atomic mass is 16.5. The molecule has 2 atom stereocenters. The largest absolute Gasteiger partial charge is 0.465 e. The van der Waals surface area contributed by atoms with E-state index >= 15 is 0 Å². The zero-order valence-electron chi connectivity index (χ0n) is 25.4. The van der Waals surface area contributed by atoms with Gasteiger partial charge in [0.1, 0.15) is 6.61 Å². The Morgan fingerprint density at radius 2 is 1.83 bits per heavy atom. The summed E-state index contributed by atoms with van der Waals surface area (Å²) in [5.41, 5.74) is 5.71. The highest BCUT2D eigenvalue weighted by Crippen LogP contribution is 2.47. The Hall–Kier alpha value is -3.07. The smallest absolute Gasteiger partial charge is 0.302 e. The summed E-state index contributed by atoms with van der Waals surface area (Å²) in [5, 5.41) is 12.0. The molecule has 1 aliphatic carbocycles. The molecule has 0 saturated heterocycles. The average molecular weight is 582 g/mol. The molecule has 3 rings (SSSR count).